The molecular weight excluding hydrogens is 272 g/mol. The molecule has 108 valence electrons. The molecule has 1 aromatic carbocycles. The fraction of sp³-hybridized carbons (Fsp3) is 0.375. The van der Waals surface area contributed by atoms with E-state index in [9.17, 15) is 0 Å². The highest BCUT2D eigenvalue weighted by Crippen LogP contribution is 2.27. The molecule has 1 aromatic heterocycles. The highest BCUT2D eigenvalue weighted by atomic mass is 35.5. The first-order chi connectivity index (χ1) is 9.70. The van der Waals surface area contributed by atoms with E-state index in [-0.39, 0.29) is 0 Å². The molecular formula is C16H21ClN2O. The molecule has 1 N–H and O–H groups in total. The van der Waals surface area contributed by atoms with E-state index in [4.69, 9.17) is 16.0 Å². The van der Waals surface area contributed by atoms with Crippen LogP contribution in [0.25, 0.3) is 0 Å². The van der Waals surface area contributed by atoms with Crippen molar-refractivity contribution in [3.8, 4) is 0 Å². The molecule has 0 spiro atoms. The van der Waals surface area contributed by atoms with Crippen molar-refractivity contribution in [1.29, 1.82) is 0 Å². The van der Waals surface area contributed by atoms with E-state index in [1.54, 1.807) is 6.26 Å². The second-order valence-electron chi connectivity index (χ2n) is 4.90. The smallest absolute Gasteiger partial charge is 0.123 e. The largest absolute Gasteiger partial charge is 0.467 e. The Bertz CT molecular complexity index is 525. The van der Waals surface area contributed by atoms with Gasteiger partial charge in [0.15, 0.2) is 0 Å². The third-order valence-corrected chi connectivity index (χ3v) is 3.46. The fourth-order valence-electron chi connectivity index (χ4n) is 2.10. The SMILES string of the molecule is CCCNCc1ccc(N(C)Cc2ccco2)c(Cl)c1. The molecule has 0 bridgehead atoms. The second kappa shape index (κ2) is 7.36. The number of rotatable bonds is 7. The molecule has 1 heterocycles. The van der Waals surface area contributed by atoms with Gasteiger partial charge in [-0.2, -0.15) is 0 Å². The molecule has 2 aromatic rings. The Labute approximate surface area is 125 Å². The maximum atomic E-state index is 6.38. The maximum absolute atomic E-state index is 6.38. The van der Waals surface area contributed by atoms with Crippen LogP contribution < -0.4 is 10.2 Å². The quantitative estimate of drug-likeness (QED) is 0.780. The number of anilines is 1. The van der Waals surface area contributed by atoms with Crippen LogP contribution in [0.2, 0.25) is 5.02 Å². The number of nitrogens with one attached hydrogen (secondary N) is 1. The summed E-state index contributed by atoms with van der Waals surface area (Å²) in [4.78, 5) is 2.09. The molecule has 20 heavy (non-hydrogen) atoms. The molecule has 0 aliphatic heterocycles. The van der Waals surface area contributed by atoms with Crippen LogP contribution >= 0.6 is 11.6 Å². The van der Waals surface area contributed by atoms with E-state index >= 15 is 0 Å². The van der Waals surface area contributed by atoms with E-state index in [1.807, 2.05) is 25.2 Å². The third-order valence-electron chi connectivity index (χ3n) is 3.15. The van der Waals surface area contributed by atoms with Crippen molar-refractivity contribution in [2.45, 2.75) is 26.4 Å². The van der Waals surface area contributed by atoms with E-state index in [1.165, 1.54) is 5.56 Å². The Morgan fingerprint density at radius 3 is 2.80 bits per heavy atom. The summed E-state index contributed by atoms with van der Waals surface area (Å²) in [5.41, 5.74) is 2.22. The van der Waals surface area contributed by atoms with Crippen molar-refractivity contribution in [2.24, 2.45) is 0 Å². The van der Waals surface area contributed by atoms with Crippen molar-refractivity contribution in [3.63, 3.8) is 0 Å². The minimum absolute atomic E-state index is 0.708. The maximum Gasteiger partial charge on any atom is 0.123 e. The average molecular weight is 293 g/mol. The van der Waals surface area contributed by atoms with Gasteiger partial charge >= 0.3 is 0 Å². The van der Waals surface area contributed by atoms with Gasteiger partial charge in [0, 0.05) is 13.6 Å². The van der Waals surface area contributed by atoms with Crippen LogP contribution in [-0.4, -0.2) is 13.6 Å². The molecule has 0 saturated heterocycles. The number of nitrogens with zero attached hydrogens (tertiary/aromatic N) is 1. The molecule has 0 aliphatic carbocycles. The Morgan fingerprint density at radius 1 is 1.30 bits per heavy atom. The molecule has 0 unspecified atom stereocenters. The fourth-order valence-corrected chi connectivity index (χ4v) is 2.45. The lowest BCUT2D eigenvalue weighted by molar-refractivity contribution is 0.507. The molecule has 0 atom stereocenters. The van der Waals surface area contributed by atoms with Gasteiger partial charge in [0.1, 0.15) is 5.76 Å². The Morgan fingerprint density at radius 2 is 2.15 bits per heavy atom. The van der Waals surface area contributed by atoms with Gasteiger partial charge in [-0.25, -0.2) is 0 Å². The number of benzene rings is 1. The summed E-state index contributed by atoms with van der Waals surface area (Å²) in [5, 5.41) is 4.15. The molecule has 4 heteroatoms. The van der Waals surface area contributed by atoms with Gasteiger partial charge in [0.25, 0.3) is 0 Å². The molecule has 0 amide bonds. The monoisotopic (exact) mass is 292 g/mol. The predicted molar refractivity (Wildman–Crippen MR) is 84.3 cm³/mol. The number of halogens is 1. The first-order valence-corrected chi connectivity index (χ1v) is 7.31. The van der Waals surface area contributed by atoms with Gasteiger partial charge in [-0.1, -0.05) is 24.6 Å². The minimum Gasteiger partial charge on any atom is -0.467 e. The molecule has 2 rings (SSSR count). The first kappa shape index (κ1) is 14.9. The molecule has 3 nitrogen and oxygen atoms in total. The van der Waals surface area contributed by atoms with Gasteiger partial charge in [-0.05, 0) is 42.8 Å². The average Bonchev–Trinajstić information content (AvgIpc) is 2.92. The van der Waals surface area contributed by atoms with Crippen LogP contribution in [-0.2, 0) is 13.1 Å². The van der Waals surface area contributed by atoms with Crippen LogP contribution in [0.1, 0.15) is 24.7 Å². The van der Waals surface area contributed by atoms with Gasteiger partial charge in [-0.3, -0.25) is 0 Å². The van der Waals surface area contributed by atoms with Crippen LogP contribution in [0.4, 0.5) is 5.69 Å². The highest BCUT2D eigenvalue weighted by molar-refractivity contribution is 6.33. The zero-order valence-corrected chi connectivity index (χ0v) is 12.8. The lowest BCUT2D eigenvalue weighted by atomic mass is 10.2. The summed E-state index contributed by atoms with van der Waals surface area (Å²) in [6.07, 6.45) is 2.82. The summed E-state index contributed by atoms with van der Waals surface area (Å²) in [7, 11) is 2.01. The van der Waals surface area contributed by atoms with Crippen molar-refractivity contribution in [1.82, 2.24) is 5.32 Å². The van der Waals surface area contributed by atoms with E-state index in [0.29, 0.717) is 6.54 Å². The van der Waals surface area contributed by atoms with Crippen LogP contribution in [0.5, 0.6) is 0 Å². The molecule has 0 aliphatic rings. The van der Waals surface area contributed by atoms with Crippen LogP contribution in [0.15, 0.2) is 41.0 Å². The number of hydrogen-bond acceptors (Lipinski definition) is 3. The van der Waals surface area contributed by atoms with E-state index < -0.39 is 0 Å². The Kier molecular flexibility index (Phi) is 5.50. The van der Waals surface area contributed by atoms with Crippen molar-refractivity contribution in [3.05, 3.63) is 52.9 Å². The van der Waals surface area contributed by atoms with Gasteiger partial charge in [0.2, 0.25) is 0 Å². The number of hydrogen-bond donors (Lipinski definition) is 1. The van der Waals surface area contributed by atoms with Crippen LogP contribution in [0.3, 0.4) is 0 Å². The summed E-state index contributed by atoms with van der Waals surface area (Å²) in [6, 6.07) is 10.1. The van der Waals surface area contributed by atoms with Gasteiger partial charge < -0.3 is 14.6 Å². The van der Waals surface area contributed by atoms with E-state index in [2.05, 4.69) is 29.3 Å². The van der Waals surface area contributed by atoms with Crippen molar-refractivity contribution in [2.75, 3.05) is 18.5 Å². The highest BCUT2D eigenvalue weighted by Gasteiger charge is 2.08. The number of furan rings is 1. The van der Waals surface area contributed by atoms with Gasteiger partial charge in [0.05, 0.1) is 23.5 Å². The Hall–Kier alpha value is -1.45. The first-order valence-electron chi connectivity index (χ1n) is 6.93. The lowest BCUT2D eigenvalue weighted by Gasteiger charge is -2.20. The summed E-state index contributed by atoms with van der Waals surface area (Å²) in [6.45, 7) is 4.75. The zero-order chi connectivity index (χ0) is 14.4. The molecule has 0 saturated carbocycles. The van der Waals surface area contributed by atoms with Crippen molar-refractivity contribution < 1.29 is 4.42 Å². The topological polar surface area (TPSA) is 28.4 Å². The summed E-state index contributed by atoms with van der Waals surface area (Å²) in [5.74, 6) is 0.928. The zero-order valence-electron chi connectivity index (χ0n) is 12.0. The van der Waals surface area contributed by atoms with E-state index in [0.717, 1.165) is 36.0 Å². The molecule has 0 radical (unpaired) electrons. The van der Waals surface area contributed by atoms with Crippen molar-refractivity contribution >= 4 is 17.3 Å². The van der Waals surface area contributed by atoms with Crippen LogP contribution in [0, 0.1) is 0 Å². The molecule has 0 fully saturated rings. The third kappa shape index (κ3) is 4.02. The minimum atomic E-state index is 0.708. The normalized spacial score (nSPS) is 10.8. The Balaban J connectivity index is 2.01. The predicted octanol–water partition coefficient (Wildman–Crippen LogP) is 4.07. The second-order valence-corrected chi connectivity index (χ2v) is 5.31. The standard InChI is InChI=1S/C16H21ClN2O/c1-3-8-18-11-13-6-7-16(15(17)10-13)19(2)12-14-5-4-9-20-14/h4-7,9-10,18H,3,8,11-12H2,1-2H3. The van der Waals surface area contributed by atoms with Gasteiger partial charge in [-0.15, -0.1) is 0 Å². The summed E-state index contributed by atoms with van der Waals surface area (Å²) < 4.78 is 5.36. The summed E-state index contributed by atoms with van der Waals surface area (Å²) >= 11 is 6.38. The lowest BCUT2D eigenvalue weighted by Crippen LogP contribution is -2.17.